The summed E-state index contributed by atoms with van der Waals surface area (Å²) in [7, 11) is 0. The molecule has 1 unspecified atom stereocenters. The summed E-state index contributed by atoms with van der Waals surface area (Å²) in [6.07, 6.45) is 1.10. The molecule has 0 aliphatic rings. The van der Waals surface area contributed by atoms with Crippen LogP contribution >= 0.6 is 0 Å². The van der Waals surface area contributed by atoms with Gasteiger partial charge in [-0.1, -0.05) is 122 Å². The van der Waals surface area contributed by atoms with E-state index in [1.54, 1.807) is 0 Å². The van der Waals surface area contributed by atoms with Crippen LogP contribution in [0.3, 0.4) is 0 Å². The standard InChI is InChI=1S/C32H41N/c1-29(2,3)31(6,7)32(8,24-16-10-9-11-17-24)30(4,5)22-23-33-27-20-14-12-18-25(27)26-19-13-15-21-28(26)33/h9-21H,22-23H2,1-8H3. The highest BCUT2D eigenvalue weighted by Gasteiger charge is 2.56. The highest BCUT2D eigenvalue weighted by atomic mass is 15.0. The fourth-order valence-electron chi connectivity index (χ4n) is 6.00. The molecule has 174 valence electrons. The highest BCUT2D eigenvalue weighted by Crippen LogP contribution is 2.61. The van der Waals surface area contributed by atoms with Crippen LogP contribution in [0.25, 0.3) is 21.8 Å². The first-order chi connectivity index (χ1) is 15.4. The minimum Gasteiger partial charge on any atom is -0.340 e. The lowest BCUT2D eigenvalue weighted by atomic mass is 9.44. The van der Waals surface area contributed by atoms with Crippen molar-refractivity contribution in [2.75, 3.05) is 0 Å². The number of hydrogen-bond acceptors (Lipinski definition) is 0. The van der Waals surface area contributed by atoms with Gasteiger partial charge in [0.25, 0.3) is 0 Å². The molecule has 33 heavy (non-hydrogen) atoms. The van der Waals surface area contributed by atoms with Crippen molar-refractivity contribution in [1.29, 1.82) is 0 Å². The lowest BCUT2D eigenvalue weighted by Crippen LogP contribution is -2.56. The van der Waals surface area contributed by atoms with E-state index in [0.29, 0.717) is 0 Å². The van der Waals surface area contributed by atoms with Crippen LogP contribution in [0.15, 0.2) is 78.9 Å². The van der Waals surface area contributed by atoms with E-state index in [9.17, 15) is 0 Å². The third-order valence-corrected chi connectivity index (χ3v) is 9.47. The quantitative estimate of drug-likeness (QED) is 0.282. The first kappa shape index (κ1) is 23.6. The molecule has 0 fully saturated rings. The first-order valence-electron chi connectivity index (χ1n) is 12.4. The summed E-state index contributed by atoms with van der Waals surface area (Å²) in [5, 5.41) is 2.71. The Labute approximate surface area is 200 Å². The average molecular weight is 440 g/mol. The highest BCUT2D eigenvalue weighted by molar-refractivity contribution is 6.07. The van der Waals surface area contributed by atoms with E-state index in [2.05, 4.69) is 139 Å². The van der Waals surface area contributed by atoms with E-state index in [1.807, 2.05) is 0 Å². The van der Waals surface area contributed by atoms with E-state index in [-0.39, 0.29) is 21.7 Å². The summed E-state index contributed by atoms with van der Waals surface area (Å²) in [4.78, 5) is 0. The maximum absolute atomic E-state index is 2.54. The second-order valence-corrected chi connectivity index (χ2v) is 12.2. The van der Waals surface area contributed by atoms with Crippen molar-refractivity contribution in [3.8, 4) is 0 Å². The van der Waals surface area contributed by atoms with Gasteiger partial charge in [0.1, 0.15) is 0 Å². The lowest BCUT2D eigenvalue weighted by Gasteiger charge is -2.60. The topological polar surface area (TPSA) is 4.93 Å². The summed E-state index contributed by atoms with van der Waals surface area (Å²) in [5.41, 5.74) is 4.40. The Morgan fingerprint density at radius 2 is 1.03 bits per heavy atom. The van der Waals surface area contributed by atoms with E-state index in [0.717, 1.165) is 13.0 Å². The van der Waals surface area contributed by atoms with Crippen molar-refractivity contribution < 1.29 is 0 Å². The third kappa shape index (κ3) is 3.61. The molecule has 1 heterocycles. The third-order valence-electron chi connectivity index (χ3n) is 9.47. The predicted molar refractivity (Wildman–Crippen MR) is 145 cm³/mol. The number of nitrogens with zero attached hydrogens (tertiary/aromatic N) is 1. The molecule has 1 heteroatoms. The summed E-state index contributed by atoms with van der Waals surface area (Å²) < 4.78 is 2.54. The fourth-order valence-corrected chi connectivity index (χ4v) is 6.00. The van der Waals surface area contributed by atoms with E-state index < -0.39 is 0 Å². The Hall–Kier alpha value is -2.54. The van der Waals surface area contributed by atoms with Gasteiger partial charge in [-0.2, -0.15) is 0 Å². The van der Waals surface area contributed by atoms with Crippen molar-refractivity contribution in [2.24, 2.45) is 16.2 Å². The molecular formula is C32H41N. The zero-order valence-corrected chi connectivity index (χ0v) is 21.9. The molecule has 0 aliphatic carbocycles. The molecule has 1 aromatic heterocycles. The fraction of sp³-hybridized carbons (Fsp3) is 0.438. The minimum atomic E-state index is -0.0156. The van der Waals surface area contributed by atoms with E-state index >= 15 is 0 Å². The van der Waals surface area contributed by atoms with E-state index in [1.165, 1.54) is 27.4 Å². The monoisotopic (exact) mass is 439 g/mol. The molecule has 1 atom stereocenters. The SMILES string of the molecule is CC(C)(C)C(C)(C)C(C)(c1ccccc1)C(C)(C)CCn1c2ccccc2c2ccccc21. The second kappa shape index (κ2) is 8.05. The zero-order valence-electron chi connectivity index (χ0n) is 21.9. The molecule has 0 N–H and O–H groups in total. The zero-order chi connectivity index (χ0) is 24.1. The summed E-state index contributed by atoms with van der Waals surface area (Å²) >= 11 is 0. The Bertz CT molecular complexity index is 1200. The number of para-hydroxylation sites is 2. The largest absolute Gasteiger partial charge is 0.340 e. The predicted octanol–water partition coefficient (Wildman–Crippen LogP) is 9.24. The van der Waals surface area contributed by atoms with Gasteiger partial charge in [-0.25, -0.2) is 0 Å². The molecule has 3 aromatic carbocycles. The molecule has 4 aromatic rings. The van der Waals surface area contributed by atoms with Crippen LogP contribution in [0.5, 0.6) is 0 Å². The van der Waals surface area contributed by atoms with Crippen molar-refractivity contribution in [3.63, 3.8) is 0 Å². The van der Waals surface area contributed by atoms with Gasteiger partial charge in [-0.15, -0.1) is 0 Å². The number of rotatable bonds is 6. The second-order valence-electron chi connectivity index (χ2n) is 12.2. The van der Waals surface area contributed by atoms with Gasteiger partial charge in [-0.05, 0) is 40.4 Å². The van der Waals surface area contributed by atoms with Crippen molar-refractivity contribution in [1.82, 2.24) is 4.57 Å². The molecule has 0 saturated heterocycles. The maximum Gasteiger partial charge on any atom is 0.0491 e. The minimum absolute atomic E-state index is 0.0156. The molecule has 0 saturated carbocycles. The molecule has 0 bridgehead atoms. The number of hydrogen-bond donors (Lipinski definition) is 0. The summed E-state index contributed by atoms with van der Waals surface area (Å²) in [5.74, 6) is 0. The molecule has 1 nitrogen and oxygen atoms in total. The Morgan fingerprint density at radius 3 is 1.52 bits per heavy atom. The number of fused-ring (bicyclic) bond motifs is 3. The normalized spacial score (nSPS) is 15.2. The summed E-state index contributed by atoms with van der Waals surface area (Å²) in [6, 6.07) is 28.9. The maximum atomic E-state index is 2.54. The van der Waals surface area contributed by atoms with Crippen LogP contribution in [0.4, 0.5) is 0 Å². The van der Waals surface area contributed by atoms with Gasteiger partial charge in [0.15, 0.2) is 0 Å². The summed E-state index contributed by atoms with van der Waals surface area (Å²) in [6.45, 7) is 20.6. The number of aryl methyl sites for hydroxylation is 1. The first-order valence-corrected chi connectivity index (χ1v) is 12.4. The van der Waals surface area contributed by atoms with Crippen molar-refractivity contribution in [3.05, 3.63) is 84.4 Å². The Balaban J connectivity index is 1.81. The molecule has 0 radical (unpaired) electrons. The average Bonchev–Trinajstić information content (AvgIpc) is 3.10. The van der Waals surface area contributed by atoms with Gasteiger partial charge in [0.2, 0.25) is 0 Å². The molecule has 4 rings (SSSR count). The smallest absolute Gasteiger partial charge is 0.0491 e. The van der Waals surface area contributed by atoms with Gasteiger partial charge < -0.3 is 4.57 Å². The van der Waals surface area contributed by atoms with Crippen LogP contribution < -0.4 is 0 Å². The Morgan fingerprint density at radius 1 is 0.576 bits per heavy atom. The molecule has 0 amide bonds. The van der Waals surface area contributed by atoms with Crippen molar-refractivity contribution >= 4 is 21.8 Å². The molecule has 0 spiro atoms. The van der Waals surface area contributed by atoms with Crippen LogP contribution in [0.2, 0.25) is 0 Å². The number of benzene rings is 3. The van der Waals surface area contributed by atoms with Crippen LogP contribution in [-0.4, -0.2) is 4.57 Å². The molecular weight excluding hydrogens is 398 g/mol. The van der Waals surface area contributed by atoms with Crippen LogP contribution in [0.1, 0.15) is 67.4 Å². The van der Waals surface area contributed by atoms with Crippen LogP contribution in [-0.2, 0) is 12.0 Å². The molecule has 0 aliphatic heterocycles. The van der Waals surface area contributed by atoms with Crippen molar-refractivity contribution in [2.45, 2.75) is 73.8 Å². The lowest BCUT2D eigenvalue weighted by molar-refractivity contribution is -0.0439. The Kier molecular flexibility index (Phi) is 5.76. The van der Waals surface area contributed by atoms with Gasteiger partial charge in [-0.3, -0.25) is 0 Å². The van der Waals surface area contributed by atoms with Gasteiger partial charge >= 0.3 is 0 Å². The number of aromatic nitrogens is 1. The van der Waals surface area contributed by atoms with E-state index in [4.69, 9.17) is 0 Å². The van der Waals surface area contributed by atoms with Gasteiger partial charge in [0, 0.05) is 33.8 Å². The van der Waals surface area contributed by atoms with Gasteiger partial charge in [0.05, 0.1) is 0 Å². The van der Waals surface area contributed by atoms with Crippen LogP contribution in [0, 0.1) is 16.2 Å².